The Bertz CT molecular complexity index is 359. The highest BCUT2D eigenvalue weighted by atomic mass is 32.1. The predicted octanol–water partition coefficient (Wildman–Crippen LogP) is 1.80. The summed E-state index contributed by atoms with van der Waals surface area (Å²) in [5, 5.41) is 14.9. The summed E-state index contributed by atoms with van der Waals surface area (Å²) < 4.78 is 0. The average molecular weight is 240 g/mol. The summed E-state index contributed by atoms with van der Waals surface area (Å²) in [4.78, 5) is 14.8. The molecule has 5 heteroatoms. The first-order chi connectivity index (χ1) is 7.74. The van der Waals surface area contributed by atoms with Crippen LogP contribution in [0.1, 0.15) is 36.4 Å². The highest BCUT2D eigenvalue weighted by Crippen LogP contribution is 2.18. The average Bonchev–Trinajstić information content (AvgIpc) is 2.84. The van der Waals surface area contributed by atoms with Gasteiger partial charge < -0.3 is 10.4 Å². The van der Waals surface area contributed by atoms with Crippen molar-refractivity contribution in [3.05, 3.63) is 16.1 Å². The van der Waals surface area contributed by atoms with Gasteiger partial charge in [0.05, 0.1) is 12.1 Å². The molecule has 1 heterocycles. The molecule has 0 spiro atoms. The smallest absolute Gasteiger partial charge is 0.309 e. The topological polar surface area (TPSA) is 62.2 Å². The summed E-state index contributed by atoms with van der Waals surface area (Å²) in [5.41, 5.74) is 0.667. The molecule has 1 aromatic heterocycles. The van der Waals surface area contributed by atoms with Gasteiger partial charge in [0.2, 0.25) is 0 Å². The van der Waals surface area contributed by atoms with Crippen molar-refractivity contribution in [1.82, 2.24) is 10.3 Å². The fourth-order valence-electron chi connectivity index (χ4n) is 2.03. The Balaban J connectivity index is 1.80. The number of carboxylic acid groups (broad SMARTS) is 1. The first-order valence-corrected chi connectivity index (χ1v) is 6.50. The van der Waals surface area contributed by atoms with Crippen LogP contribution in [0.4, 0.5) is 0 Å². The van der Waals surface area contributed by atoms with Gasteiger partial charge in [0.25, 0.3) is 0 Å². The number of carbonyl (C=O) groups is 1. The van der Waals surface area contributed by atoms with E-state index < -0.39 is 5.97 Å². The number of carboxylic acids is 1. The van der Waals surface area contributed by atoms with Crippen molar-refractivity contribution >= 4 is 17.3 Å². The summed E-state index contributed by atoms with van der Waals surface area (Å²) in [6.45, 7) is 0.773. The van der Waals surface area contributed by atoms with E-state index in [1.54, 1.807) is 0 Å². The van der Waals surface area contributed by atoms with Crippen LogP contribution >= 0.6 is 11.3 Å². The third-order valence-electron chi connectivity index (χ3n) is 2.83. The standard InChI is InChI=1S/C11H16N2O2S/c14-11(15)5-9-7-16-10(13-9)6-12-8-3-1-2-4-8/h7-8,12H,1-6H2,(H,14,15). The van der Waals surface area contributed by atoms with Crippen molar-refractivity contribution < 1.29 is 9.90 Å². The van der Waals surface area contributed by atoms with E-state index in [1.807, 2.05) is 5.38 Å². The molecule has 1 saturated carbocycles. The summed E-state index contributed by atoms with van der Waals surface area (Å²) in [5.74, 6) is -0.819. The van der Waals surface area contributed by atoms with Crippen LogP contribution < -0.4 is 5.32 Å². The minimum absolute atomic E-state index is 0.0277. The third-order valence-corrected chi connectivity index (χ3v) is 3.73. The van der Waals surface area contributed by atoms with Gasteiger partial charge in [-0.2, -0.15) is 0 Å². The van der Waals surface area contributed by atoms with Gasteiger partial charge in [0, 0.05) is 18.0 Å². The fraction of sp³-hybridized carbons (Fsp3) is 0.636. The van der Waals surface area contributed by atoms with E-state index in [9.17, 15) is 4.79 Å². The molecule has 0 unspecified atom stereocenters. The van der Waals surface area contributed by atoms with Crippen molar-refractivity contribution in [2.24, 2.45) is 0 Å². The number of hydrogen-bond donors (Lipinski definition) is 2. The van der Waals surface area contributed by atoms with Crippen LogP contribution in [0, 0.1) is 0 Å². The van der Waals surface area contributed by atoms with Crippen LogP contribution in [0.25, 0.3) is 0 Å². The molecule has 0 atom stereocenters. The molecule has 1 aromatic rings. The van der Waals surface area contributed by atoms with Gasteiger partial charge in [-0.25, -0.2) is 4.98 Å². The predicted molar refractivity (Wildman–Crippen MR) is 62.5 cm³/mol. The van der Waals surface area contributed by atoms with Gasteiger partial charge in [-0.05, 0) is 12.8 Å². The molecule has 4 nitrogen and oxygen atoms in total. The lowest BCUT2D eigenvalue weighted by Crippen LogP contribution is -2.25. The minimum atomic E-state index is -0.819. The van der Waals surface area contributed by atoms with Gasteiger partial charge in [-0.15, -0.1) is 11.3 Å². The zero-order chi connectivity index (χ0) is 11.4. The highest BCUT2D eigenvalue weighted by molar-refractivity contribution is 7.09. The minimum Gasteiger partial charge on any atom is -0.481 e. The number of aliphatic carboxylic acids is 1. The Labute approximate surface area is 98.7 Å². The second-order valence-corrected chi connectivity index (χ2v) is 5.11. The van der Waals surface area contributed by atoms with E-state index >= 15 is 0 Å². The summed E-state index contributed by atoms with van der Waals surface area (Å²) in [7, 11) is 0. The van der Waals surface area contributed by atoms with E-state index in [2.05, 4.69) is 10.3 Å². The highest BCUT2D eigenvalue weighted by Gasteiger charge is 2.14. The van der Waals surface area contributed by atoms with Crippen LogP contribution in [0.2, 0.25) is 0 Å². The molecule has 0 aromatic carbocycles. The van der Waals surface area contributed by atoms with Crippen molar-refractivity contribution in [3.8, 4) is 0 Å². The van der Waals surface area contributed by atoms with E-state index in [-0.39, 0.29) is 6.42 Å². The molecule has 1 aliphatic rings. The molecule has 2 rings (SSSR count). The first-order valence-electron chi connectivity index (χ1n) is 5.62. The Morgan fingerprint density at radius 2 is 2.31 bits per heavy atom. The summed E-state index contributed by atoms with van der Waals surface area (Å²) >= 11 is 1.54. The molecule has 1 fully saturated rings. The molecule has 0 radical (unpaired) electrons. The molecular formula is C11H16N2O2S. The lowest BCUT2D eigenvalue weighted by Gasteiger charge is -2.09. The van der Waals surface area contributed by atoms with E-state index in [0.29, 0.717) is 11.7 Å². The number of thiazole rings is 1. The molecule has 0 saturated heterocycles. The third kappa shape index (κ3) is 3.28. The number of aromatic nitrogens is 1. The maximum absolute atomic E-state index is 10.5. The zero-order valence-electron chi connectivity index (χ0n) is 9.11. The second kappa shape index (κ2) is 5.41. The van der Waals surface area contributed by atoms with Crippen LogP contribution in [0.15, 0.2) is 5.38 Å². The second-order valence-electron chi connectivity index (χ2n) is 4.17. The van der Waals surface area contributed by atoms with Gasteiger partial charge >= 0.3 is 5.97 Å². The van der Waals surface area contributed by atoms with E-state index in [4.69, 9.17) is 5.11 Å². The van der Waals surface area contributed by atoms with Crippen LogP contribution in [0.3, 0.4) is 0 Å². The molecule has 1 aliphatic carbocycles. The Morgan fingerprint density at radius 3 is 3.00 bits per heavy atom. The molecule has 2 N–H and O–H groups in total. The summed E-state index contributed by atoms with van der Waals surface area (Å²) in [6.07, 6.45) is 5.18. The van der Waals surface area contributed by atoms with Crippen LogP contribution in [-0.2, 0) is 17.8 Å². The first kappa shape index (κ1) is 11.5. The number of nitrogens with one attached hydrogen (secondary N) is 1. The van der Waals surface area contributed by atoms with Gasteiger partial charge in [-0.1, -0.05) is 12.8 Å². The number of rotatable bonds is 5. The molecule has 88 valence electrons. The summed E-state index contributed by atoms with van der Waals surface area (Å²) in [6, 6.07) is 0.631. The van der Waals surface area contributed by atoms with Gasteiger partial charge in [0.15, 0.2) is 0 Å². The lowest BCUT2D eigenvalue weighted by molar-refractivity contribution is -0.136. The largest absolute Gasteiger partial charge is 0.481 e. The molecule has 16 heavy (non-hydrogen) atoms. The van der Waals surface area contributed by atoms with Crippen molar-refractivity contribution in [3.63, 3.8) is 0 Å². The van der Waals surface area contributed by atoms with Crippen LogP contribution in [0.5, 0.6) is 0 Å². The monoisotopic (exact) mass is 240 g/mol. The molecule has 0 aliphatic heterocycles. The SMILES string of the molecule is O=C(O)Cc1csc(CNC2CCCC2)n1. The van der Waals surface area contributed by atoms with E-state index in [1.165, 1.54) is 37.0 Å². The van der Waals surface area contributed by atoms with Crippen molar-refractivity contribution in [1.29, 1.82) is 0 Å². The Kier molecular flexibility index (Phi) is 3.90. The van der Waals surface area contributed by atoms with Gasteiger partial charge in [0.1, 0.15) is 5.01 Å². The van der Waals surface area contributed by atoms with E-state index in [0.717, 1.165) is 11.6 Å². The lowest BCUT2D eigenvalue weighted by atomic mass is 10.2. The fourth-order valence-corrected chi connectivity index (χ4v) is 2.77. The molecule has 0 bridgehead atoms. The normalized spacial score (nSPS) is 16.8. The Hall–Kier alpha value is -0.940. The molecule has 0 amide bonds. The van der Waals surface area contributed by atoms with Crippen molar-refractivity contribution in [2.75, 3.05) is 0 Å². The number of nitrogens with zero attached hydrogens (tertiary/aromatic N) is 1. The maximum Gasteiger partial charge on any atom is 0.309 e. The Morgan fingerprint density at radius 1 is 1.56 bits per heavy atom. The molecular weight excluding hydrogens is 224 g/mol. The maximum atomic E-state index is 10.5. The number of hydrogen-bond acceptors (Lipinski definition) is 4. The quantitative estimate of drug-likeness (QED) is 0.824. The van der Waals surface area contributed by atoms with Gasteiger partial charge in [-0.3, -0.25) is 4.79 Å². The zero-order valence-corrected chi connectivity index (χ0v) is 9.92. The van der Waals surface area contributed by atoms with Crippen LogP contribution in [-0.4, -0.2) is 22.1 Å². The van der Waals surface area contributed by atoms with Crippen molar-refractivity contribution in [2.45, 2.75) is 44.7 Å².